The van der Waals surface area contributed by atoms with E-state index in [-0.39, 0.29) is 6.42 Å². The quantitative estimate of drug-likeness (QED) is 0.728. The maximum Gasteiger partial charge on any atom is 0.404 e. The minimum absolute atomic E-state index is 0.237. The minimum Gasteiger partial charge on any atom is -0.446 e. The van der Waals surface area contributed by atoms with Gasteiger partial charge in [-0.2, -0.15) is 0 Å². The molecule has 2 atom stereocenters. The van der Waals surface area contributed by atoms with Gasteiger partial charge < -0.3 is 10.5 Å². The maximum absolute atomic E-state index is 12.3. The molecule has 0 spiro atoms. The second-order valence-electron chi connectivity index (χ2n) is 3.32. The third-order valence-corrected chi connectivity index (χ3v) is 2.31. The topological polar surface area (TPSA) is 52.3 Å². The van der Waals surface area contributed by atoms with Gasteiger partial charge in [-0.25, -0.2) is 13.6 Å². The number of amides is 1. The van der Waals surface area contributed by atoms with E-state index in [0.29, 0.717) is 19.3 Å². The van der Waals surface area contributed by atoms with E-state index in [1.165, 1.54) is 0 Å². The Hall–Kier alpha value is -0.870. The number of ether oxygens (including phenoxy) is 1. The Balaban J connectivity index is 2.37. The Labute approximate surface area is 75.2 Å². The lowest BCUT2D eigenvalue weighted by Crippen LogP contribution is -2.30. The van der Waals surface area contributed by atoms with Crippen molar-refractivity contribution in [2.45, 2.75) is 38.2 Å². The molecule has 0 aromatic carbocycles. The molecule has 13 heavy (non-hydrogen) atoms. The number of hydrogen-bond donors (Lipinski definition) is 1. The van der Waals surface area contributed by atoms with Gasteiger partial charge in [-0.05, 0) is 25.7 Å². The first kappa shape index (κ1) is 10.2. The molecule has 0 aliphatic heterocycles. The van der Waals surface area contributed by atoms with Crippen LogP contribution in [-0.4, -0.2) is 18.6 Å². The molecular formula is C8H13F2NO2. The molecule has 2 unspecified atom stereocenters. The first-order chi connectivity index (χ1) is 6.09. The van der Waals surface area contributed by atoms with E-state index in [0.717, 1.165) is 0 Å². The van der Waals surface area contributed by atoms with Gasteiger partial charge in [-0.1, -0.05) is 0 Å². The molecule has 0 saturated heterocycles. The normalized spacial score (nSPS) is 28.8. The van der Waals surface area contributed by atoms with Crippen LogP contribution in [0.15, 0.2) is 0 Å². The van der Waals surface area contributed by atoms with E-state index in [1.807, 2.05) is 0 Å². The summed E-state index contributed by atoms with van der Waals surface area (Å²) in [5.74, 6) is -0.641. The van der Waals surface area contributed by atoms with Gasteiger partial charge in [-0.15, -0.1) is 0 Å². The van der Waals surface area contributed by atoms with Crippen molar-refractivity contribution in [2.75, 3.05) is 0 Å². The van der Waals surface area contributed by atoms with Crippen LogP contribution in [-0.2, 0) is 4.74 Å². The Bertz CT molecular complexity index is 187. The molecular weight excluding hydrogens is 180 g/mol. The first-order valence-electron chi connectivity index (χ1n) is 4.34. The zero-order valence-corrected chi connectivity index (χ0v) is 7.21. The Morgan fingerprint density at radius 2 is 2.15 bits per heavy atom. The minimum atomic E-state index is -2.32. The van der Waals surface area contributed by atoms with Crippen LogP contribution in [0.3, 0.4) is 0 Å². The molecule has 0 bridgehead atoms. The number of nitrogens with two attached hydrogens (primary N) is 1. The molecule has 0 aromatic heterocycles. The third kappa shape index (κ3) is 3.16. The van der Waals surface area contributed by atoms with Crippen LogP contribution in [0, 0.1) is 5.92 Å². The zero-order chi connectivity index (χ0) is 9.84. The smallest absolute Gasteiger partial charge is 0.404 e. The van der Waals surface area contributed by atoms with Crippen molar-refractivity contribution in [2.24, 2.45) is 11.7 Å². The fourth-order valence-electron chi connectivity index (χ4n) is 1.68. The average molecular weight is 193 g/mol. The number of rotatable bonds is 2. The summed E-state index contributed by atoms with van der Waals surface area (Å²) in [6.07, 6.45) is -1.54. The highest BCUT2D eigenvalue weighted by molar-refractivity contribution is 5.64. The van der Waals surface area contributed by atoms with E-state index in [9.17, 15) is 13.6 Å². The fraction of sp³-hybridized carbons (Fsp3) is 0.875. The van der Waals surface area contributed by atoms with E-state index in [2.05, 4.69) is 4.74 Å². The monoisotopic (exact) mass is 193 g/mol. The van der Waals surface area contributed by atoms with Gasteiger partial charge in [0, 0.05) is 5.92 Å². The molecule has 1 aliphatic carbocycles. The number of carbonyl (C=O) groups is 1. The highest BCUT2D eigenvalue weighted by atomic mass is 19.3. The van der Waals surface area contributed by atoms with Crippen molar-refractivity contribution < 1.29 is 18.3 Å². The standard InChI is InChI=1S/C8H13F2NO2/c9-7(10)5-2-1-3-6(4-5)13-8(11)12/h5-7H,1-4H2,(H2,11,12). The van der Waals surface area contributed by atoms with Crippen LogP contribution in [0.4, 0.5) is 13.6 Å². The summed E-state index contributed by atoms with van der Waals surface area (Å²) in [5, 5.41) is 0. The van der Waals surface area contributed by atoms with Gasteiger partial charge in [-0.3, -0.25) is 0 Å². The van der Waals surface area contributed by atoms with Crippen molar-refractivity contribution >= 4 is 6.09 Å². The summed E-state index contributed by atoms with van der Waals surface area (Å²) in [4.78, 5) is 10.4. The van der Waals surface area contributed by atoms with Gasteiger partial charge in [0.1, 0.15) is 6.10 Å². The van der Waals surface area contributed by atoms with E-state index >= 15 is 0 Å². The first-order valence-corrected chi connectivity index (χ1v) is 4.34. The van der Waals surface area contributed by atoms with Crippen molar-refractivity contribution in [3.63, 3.8) is 0 Å². The lowest BCUT2D eigenvalue weighted by molar-refractivity contribution is 0.00377. The van der Waals surface area contributed by atoms with E-state index in [4.69, 9.17) is 5.73 Å². The van der Waals surface area contributed by atoms with Gasteiger partial charge in [0.2, 0.25) is 6.43 Å². The molecule has 1 saturated carbocycles. The SMILES string of the molecule is NC(=O)OC1CCCC(C(F)F)C1. The fourth-order valence-corrected chi connectivity index (χ4v) is 1.68. The molecule has 1 amide bonds. The summed E-state index contributed by atoms with van der Waals surface area (Å²) < 4.78 is 29.2. The molecule has 1 rings (SSSR count). The van der Waals surface area contributed by atoms with Crippen LogP contribution >= 0.6 is 0 Å². The van der Waals surface area contributed by atoms with Crippen LogP contribution in [0.25, 0.3) is 0 Å². The van der Waals surface area contributed by atoms with Crippen molar-refractivity contribution in [3.8, 4) is 0 Å². The molecule has 3 nitrogen and oxygen atoms in total. The summed E-state index contributed by atoms with van der Waals surface area (Å²) in [6, 6.07) is 0. The van der Waals surface area contributed by atoms with Crippen molar-refractivity contribution in [1.29, 1.82) is 0 Å². The molecule has 0 radical (unpaired) electrons. The molecule has 5 heteroatoms. The zero-order valence-electron chi connectivity index (χ0n) is 7.21. The summed E-state index contributed by atoms with van der Waals surface area (Å²) in [6.45, 7) is 0. The van der Waals surface area contributed by atoms with Crippen LogP contribution in [0.2, 0.25) is 0 Å². The molecule has 0 heterocycles. The summed E-state index contributed by atoms with van der Waals surface area (Å²) in [7, 11) is 0. The van der Waals surface area contributed by atoms with Gasteiger partial charge in [0.05, 0.1) is 0 Å². The van der Waals surface area contributed by atoms with Crippen LogP contribution < -0.4 is 5.73 Å². The highest BCUT2D eigenvalue weighted by Gasteiger charge is 2.29. The van der Waals surface area contributed by atoms with Gasteiger partial charge in [0.15, 0.2) is 0 Å². The summed E-state index contributed by atoms with van der Waals surface area (Å²) in [5.41, 5.74) is 4.80. The number of halogens is 2. The predicted octanol–water partition coefficient (Wildman–Crippen LogP) is 1.91. The summed E-state index contributed by atoms with van der Waals surface area (Å²) >= 11 is 0. The van der Waals surface area contributed by atoms with Crippen LogP contribution in [0.1, 0.15) is 25.7 Å². The Kier molecular flexibility index (Phi) is 3.45. The highest BCUT2D eigenvalue weighted by Crippen LogP contribution is 2.30. The molecule has 1 aliphatic rings. The van der Waals surface area contributed by atoms with Crippen LogP contribution in [0.5, 0.6) is 0 Å². The molecule has 76 valence electrons. The number of hydrogen-bond acceptors (Lipinski definition) is 2. The second kappa shape index (κ2) is 4.39. The largest absolute Gasteiger partial charge is 0.446 e. The third-order valence-electron chi connectivity index (χ3n) is 2.31. The lowest BCUT2D eigenvalue weighted by atomic mass is 9.87. The van der Waals surface area contributed by atoms with Gasteiger partial charge in [0.25, 0.3) is 0 Å². The predicted molar refractivity (Wildman–Crippen MR) is 42.4 cm³/mol. The molecule has 2 N–H and O–H groups in total. The van der Waals surface area contributed by atoms with Crippen molar-refractivity contribution in [1.82, 2.24) is 0 Å². The Morgan fingerprint density at radius 1 is 1.46 bits per heavy atom. The van der Waals surface area contributed by atoms with E-state index < -0.39 is 24.5 Å². The maximum atomic E-state index is 12.3. The van der Waals surface area contributed by atoms with Gasteiger partial charge >= 0.3 is 6.09 Å². The average Bonchev–Trinajstić information content (AvgIpc) is 2.03. The Morgan fingerprint density at radius 3 is 2.69 bits per heavy atom. The number of alkyl halides is 2. The van der Waals surface area contributed by atoms with Crippen molar-refractivity contribution in [3.05, 3.63) is 0 Å². The lowest BCUT2D eigenvalue weighted by Gasteiger charge is -2.27. The van der Waals surface area contributed by atoms with E-state index in [1.54, 1.807) is 0 Å². The second-order valence-corrected chi connectivity index (χ2v) is 3.32. The molecule has 0 aromatic rings. The number of primary amides is 1. The number of carbonyl (C=O) groups excluding carboxylic acids is 1. The molecule has 1 fully saturated rings.